The number of nitrogens with zero attached hydrogens (tertiary/aromatic N) is 1. The van der Waals surface area contributed by atoms with Crippen molar-refractivity contribution in [3.63, 3.8) is 0 Å². The molecule has 1 N–H and O–H groups in total. The van der Waals surface area contributed by atoms with Gasteiger partial charge in [-0.3, -0.25) is 0 Å². The number of benzene rings is 1. The van der Waals surface area contributed by atoms with Crippen LogP contribution in [0.3, 0.4) is 0 Å². The fourth-order valence-corrected chi connectivity index (χ4v) is 3.36. The van der Waals surface area contributed by atoms with Gasteiger partial charge in [-0.05, 0) is 37.9 Å². The van der Waals surface area contributed by atoms with Gasteiger partial charge in [0.25, 0.3) is 0 Å². The number of hydrogen-bond donors (Lipinski definition) is 1. The second kappa shape index (κ2) is 6.31. The van der Waals surface area contributed by atoms with Gasteiger partial charge < -0.3 is 5.32 Å². The van der Waals surface area contributed by atoms with Gasteiger partial charge in [0.1, 0.15) is 0 Å². The highest BCUT2D eigenvalue weighted by atomic mass is 32.1. The first kappa shape index (κ1) is 14.2. The Morgan fingerprint density at radius 1 is 1.16 bits per heavy atom. The monoisotopic (exact) mass is 274 g/mol. The standard InChI is InChI=1S/C16H22N2S/c1-5-13-7-9-14(10-8-13)15(17-6-2)16-11(3)18-12(4)19-16/h7-10,15,17H,5-6H2,1-4H3. The van der Waals surface area contributed by atoms with Crippen molar-refractivity contribution in [2.75, 3.05) is 6.54 Å². The maximum Gasteiger partial charge on any atom is 0.0900 e. The van der Waals surface area contributed by atoms with Crippen molar-refractivity contribution >= 4 is 11.3 Å². The minimum Gasteiger partial charge on any atom is -0.306 e. The average molecular weight is 274 g/mol. The summed E-state index contributed by atoms with van der Waals surface area (Å²) < 4.78 is 0. The molecule has 0 spiro atoms. The maximum atomic E-state index is 4.55. The van der Waals surface area contributed by atoms with Crippen LogP contribution < -0.4 is 5.32 Å². The highest BCUT2D eigenvalue weighted by Crippen LogP contribution is 2.30. The van der Waals surface area contributed by atoms with Gasteiger partial charge in [-0.2, -0.15) is 0 Å². The fourth-order valence-electron chi connectivity index (χ4n) is 2.33. The molecule has 0 bridgehead atoms. The van der Waals surface area contributed by atoms with Crippen LogP contribution in [0.1, 0.15) is 46.6 Å². The van der Waals surface area contributed by atoms with E-state index >= 15 is 0 Å². The van der Waals surface area contributed by atoms with Gasteiger partial charge >= 0.3 is 0 Å². The van der Waals surface area contributed by atoms with Crippen LogP contribution in [0.15, 0.2) is 24.3 Å². The van der Waals surface area contributed by atoms with Crippen LogP contribution in [0.25, 0.3) is 0 Å². The molecule has 1 aromatic heterocycles. The minimum atomic E-state index is 0.266. The Balaban J connectivity index is 2.36. The molecule has 1 heterocycles. The lowest BCUT2D eigenvalue weighted by atomic mass is 10.0. The summed E-state index contributed by atoms with van der Waals surface area (Å²) in [4.78, 5) is 5.89. The molecule has 19 heavy (non-hydrogen) atoms. The molecule has 2 rings (SSSR count). The number of nitrogens with one attached hydrogen (secondary N) is 1. The highest BCUT2D eigenvalue weighted by Gasteiger charge is 2.18. The van der Waals surface area contributed by atoms with E-state index in [4.69, 9.17) is 0 Å². The molecular formula is C16H22N2S. The minimum absolute atomic E-state index is 0.266. The molecule has 0 aliphatic rings. The number of rotatable bonds is 5. The van der Waals surface area contributed by atoms with Crippen molar-refractivity contribution in [2.45, 2.75) is 40.2 Å². The predicted molar refractivity (Wildman–Crippen MR) is 82.9 cm³/mol. The third-order valence-corrected chi connectivity index (χ3v) is 4.47. The van der Waals surface area contributed by atoms with Crippen molar-refractivity contribution in [1.29, 1.82) is 0 Å². The van der Waals surface area contributed by atoms with Gasteiger partial charge in [-0.25, -0.2) is 4.98 Å². The van der Waals surface area contributed by atoms with Crippen LogP contribution in [-0.4, -0.2) is 11.5 Å². The third-order valence-electron chi connectivity index (χ3n) is 3.33. The van der Waals surface area contributed by atoms with Gasteiger partial charge in [-0.15, -0.1) is 11.3 Å². The van der Waals surface area contributed by atoms with E-state index < -0.39 is 0 Å². The molecule has 0 saturated carbocycles. The zero-order chi connectivity index (χ0) is 13.8. The van der Waals surface area contributed by atoms with Crippen molar-refractivity contribution in [1.82, 2.24) is 10.3 Å². The first-order valence-electron chi connectivity index (χ1n) is 6.91. The van der Waals surface area contributed by atoms with Gasteiger partial charge in [0.05, 0.1) is 16.7 Å². The summed E-state index contributed by atoms with van der Waals surface area (Å²) in [6.07, 6.45) is 1.09. The number of aryl methyl sites for hydroxylation is 3. The lowest BCUT2D eigenvalue weighted by Crippen LogP contribution is -2.21. The van der Waals surface area contributed by atoms with Crippen LogP contribution in [0.5, 0.6) is 0 Å². The van der Waals surface area contributed by atoms with E-state index in [1.54, 1.807) is 11.3 Å². The zero-order valence-corrected chi connectivity index (χ0v) is 13.0. The van der Waals surface area contributed by atoms with Crippen molar-refractivity contribution in [3.05, 3.63) is 51.0 Å². The van der Waals surface area contributed by atoms with Crippen LogP contribution in [0, 0.1) is 13.8 Å². The second-order valence-electron chi connectivity index (χ2n) is 4.77. The number of thiazole rings is 1. The smallest absolute Gasteiger partial charge is 0.0900 e. The molecule has 2 nitrogen and oxygen atoms in total. The SMILES string of the molecule is CCNC(c1ccc(CC)cc1)c1sc(C)nc1C. The fraction of sp³-hybridized carbons (Fsp3) is 0.438. The highest BCUT2D eigenvalue weighted by molar-refractivity contribution is 7.11. The summed E-state index contributed by atoms with van der Waals surface area (Å²) in [5.41, 5.74) is 3.86. The maximum absolute atomic E-state index is 4.55. The quantitative estimate of drug-likeness (QED) is 0.890. The summed E-state index contributed by atoms with van der Waals surface area (Å²) in [6, 6.07) is 9.19. The largest absolute Gasteiger partial charge is 0.306 e. The Kier molecular flexibility index (Phi) is 4.72. The van der Waals surface area contributed by atoms with E-state index in [0.29, 0.717) is 0 Å². The van der Waals surface area contributed by atoms with E-state index in [1.165, 1.54) is 16.0 Å². The second-order valence-corrected chi connectivity index (χ2v) is 6.00. The molecule has 102 valence electrons. The Morgan fingerprint density at radius 2 is 1.84 bits per heavy atom. The van der Waals surface area contributed by atoms with Crippen LogP contribution in [0.2, 0.25) is 0 Å². The molecular weight excluding hydrogens is 252 g/mol. The summed E-state index contributed by atoms with van der Waals surface area (Å²) >= 11 is 1.79. The molecule has 0 aliphatic carbocycles. The molecule has 3 heteroatoms. The summed E-state index contributed by atoms with van der Waals surface area (Å²) in [6.45, 7) is 9.47. The first-order valence-corrected chi connectivity index (χ1v) is 7.73. The van der Waals surface area contributed by atoms with Crippen LogP contribution in [-0.2, 0) is 6.42 Å². The third kappa shape index (κ3) is 3.23. The molecule has 1 atom stereocenters. The Morgan fingerprint density at radius 3 is 2.32 bits per heavy atom. The number of hydrogen-bond acceptors (Lipinski definition) is 3. The van der Waals surface area contributed by atoms with Gasteiger partial charge in [0.2, 0.25) is 0 Å². The van der Waals surface area contributed by atoms with Gasteiger partial charge in [0, 0.05) is 4.88 Å². The van der Waals surface area contributed by atoms with E-state index in [1.807, 2.05) is 0 Å². The molecule has 2 aromatic rings. The molecule has 0 radical (unpaired) electrons. The van der Waals surface area contributed by atoms with E-state index in [0.717, 1.165) is 23.7 Å². The normalized spacial score (nSPS) is 12.6. The topological polar surface area (TPSA) is 24.9 Å². The van der Waals surface area contributed by atoms with Crippen molar-refractivity contribution in [2.24, 2.45) is 0 Å². The molecule has 0 saturated heterocycles. The first-order chi connectivity index (χ1) is 9.15. The zero-order valence-electron chi connectivity index (χ0n) is 12.2. The molecule has 0 fully saturated rings. The lowest BCUT2D eigenvalue weighted by Gasteiger charge is -2.18. The van der Waals surface area contributed by atoms with Crippen molar-refractivity contribution in [3.8, 4) is 0 Å². The van der Waals surface area contributed by atoms with Crippen LogP contribution >= 0.6 is 11.3 Å². The predicted octanol–water partition coefficient (Wildman–Crippen LogP) is 4.02. The summed E-state index contributed by atoms with van der Waals surface area (Å²) in [7, 11) is 0. The summed E-state index contributed by atoms with van der Waals surface area (Å²) in [5, 5.41) is 4.72. The van der Waals surface area contributed by atoms with Crippen LogP contribution in [0.4, 0.5) is 0 Å². The van der Waals surface area contributed by atoms with Gasteiger partial charge in [0.15, 0.2) is 0 Å². The van der Waals surface area contributed by atoms with Crippen molar-refractivity contribution < 1.29 is 0 Å². The molecule has 1 aromatic carbocycles. The molecule has 0 amide bonds. The lowest BCUT2D eigenvalue weighted by molar-refractivity contribution is 0.635. The average Bonchev–Trinajstić information content (AvgIpc) is 2.75. The summed E-state index contributed by atoms with van der Waals surface area (Å²) in [5.74, 6) is 0. The Labute approximate surface area is 119 Å². The number of aromatic nitrogens is 1. The van der Waals surface area contributed by atoms with E-state index in [9.17, 15) is 0 Å². The van der Waals surface area contributed by atoms with E-state index in [2.05, 4.69) is 62.3 Å². The van der Waals surface area contributed by atoms with E-state index in [-0.39, 0.29) is 6.04 Å². The Hall–Kier alpha value is -1.19. The molecule has 0 aliphatic heterocycles. The van der Waals surface area contributed by atoms with Gasteiger partial charge in [-0.1, -0.05) is 38.1 Å². The Bertz CT molecular complexity index is 528. The molecule has 1 unspecified atom stereocenters.